The fraction of sp³-hybridized carbons (Fsp3) is 0.0400. The van der Waals surface area contributed by atoms with Crippen molar-refractivity contribution in [2.75, 3.05) is 0 Å². The Labute approximate surface area is 178 Å². The van der Waals surface area contributed by atoms with Crippen LogP contribution < -0.4 is 5.56 Å². The summed E-state index contributed by atoms with van der Waals surface area (Å²) in [5, 5.41) is 20.2. The third kappa shape index (κ3) is 4.57. The molecule has 2 aromatic heterocycles. The van der Waals surface area contributed by atoms with Crippen LogP contribution in [0.3, 0.4) is 0 Å². The number of benzene rings is 2. The Balaban J connectivity index is 1.72. The minimum Gasteiger partial charge on any atom is -0.494 e. The second kappa shape index (κ2) is 8.89. The number of hydrogen-bond acceptors (Lipinski definition) is 5. The molecule has 0 amide bonds. The zero-order valence-electron chi connectivity index (χ0n) is 16.5. The second-order valence-corrected chi connectivity index (χ2v) is 6.87. The standard InChI is InChI=1S/C25H18N4O2/c26-13-12-17-4-8-20(9-5-17)28-16-23-22-15-18(6-10-19-3-1-2-14-27-19)7-11-21(22)24(30)29-25(23)31/h1-11,14-16H,12H2,(H2,29,30,31). The lowest BCUT2D eigenvalue weighted by molar-refractivity contribution is 0.452. The first kappa shape index (κ1) is 19.8. The molecule has 6 nitrogen and oxygen atoms in total. The lowest BCUT2D eigenvalue weighted by atomic mass is 10.0. The van der Waals surface area contributed by atoms with Gasteiger partial charge in [0, 0.05) is 23.2 Å². The summed E-state index contributed by atoms with van der Waals surface area (Å²) < 4.78 is 0. The molecule has 0 radical (unpaired) electrons. The first-order valence-corrected chi connectivity index (χ1v) is 9.62. The number of rotatable bonds is 5. The van der Waals surface area contributed by atoms with Gasteiger partial charge in [0.2, 0.25) is 5.88 Å². The Hall–Kier alpha value is -4.50. The molecule has 0 saturated heterocycles. The molecule has 2 N–H and O–H groups in total. The van der Waals surface area contributed by atoms with Crippen molar-refractivity contribution in [1.82, 2.24) is 9.97 Å². The van der Waals surface area contributed by atoms with Crippen molar-refractivity contribution in [3.63, 3.8) is 0 Å². The molecule has 0 saturated carbocycles. The van der Waals surface area contributed by atoms with Crippen molar-refractivity contribution < 1.29 is 5.11 Å². The van der Waals surface area contributed by atoms with E-state index in [1.807, 2.05) is 54.6 Å². The van der Waals surface area contributed by atoms with Crippen LogP contribution >= 0.6 is 0 Å². The largest absolute Gasteiger partial charge is 0.494 e. The van der Waals surface area contributed by atoms with Crippen LogP contribution in [0.1, 0.15) is 22.4 Å². The first-order valence-electron chi connectivity index (χ1n) is 9.62. The molecule has 150 valence electrons. The summed E-state index contributed by atoms with van der Waals surface area (Å²) in [6, 6.07) is 20.4. The summed E-state index contributed by atoms with van der Waals surface area (Å²) in [5.41, 5.74) is 3.31. The molecule has 4 rings (SSSR count). The molecule has 0 aliphatic heterocycles. The van der Waals surface area contributed by atoms with E-state index in [0.717, 1.165) is 16.8 Å². The maximum atomic E-state index is 12.3. The lowest BCUT2D eigenvalue weighted by Crippen LogP contribution is -2.08. The van der Waals surface area contributed by atoms with Crippen molar-refractivity contribution in [2.24, 2.45) is 4.99 Å². The molecule has 0 aliphatic carbocycles. The van der Waals surface area contributed by atoms with Gasteiger partial charge in [0.15, 0.2) is 0 Å². The zero-order valence-corrected chi connectivity index (χ0v) is 16.5. The molecule has 31 heavy (non-hydrogen) atoms. The third-order valence-corrected chi connectivity index (χ3v) is 4.76. The number of nitrogens with one attached hydrogen (secondary N) is 1. The minimum atomic E-state index is -0.370. The maximum Gasteiger partial charge on any atom is 0.258 e. The van der Waals surface area contributed by atoms with Crippen LogP contribution in [0.2, 0.25) is 0 Å². The molecular formula is C25H18N4O2. The van der Waals surface area contributed by atoms with Crippen LogP contribution in [0, 0.1) is 11.3 Å². The smallest absolute Gasteiger partial charge is 0.258 e. The highest BCUT2D eigenvalue weighted by Crippen LogP contribution is 2.24. The summed E-state index contributed by atoms with van der Waals surface area (Å²) in [5.74, 6) is -0.242. The van der Waals surface area contributed by atoms with Gasteiger partial charge < -0.3 is 5.11 Å². The molecule has 2 aromatic carbocycles. The SMILES string of the molecule is N#CCc1ccc(N=Cc2c(O)[nH]c(=O)c3ccc(C=Cc4ccccn4)cc23)cc1. The molecule has 0 unspecified atom stereocenters. The average molecular weight is 406 g/mol. The summed E-state index contributed by atoms with van der Waals surface area (Å²) in [7, 11) is 0. The van der Waals surface area contributed by atoms with E-state index in [4.69, 9.17) is 5.26 Å². The zero-order chi connectivity index (χ0) is 21.6. The van der Waals surface area contributed by atoms with Crippen molar-refractivity contribution in [3.05, 3.63) is 99.6 Å². The Kier molecular flexibility index (Phi) is 5.68. The molecule has 2 heterocycles. The summed E-state index contributed by atoms with van der Waals surface area (Å²) in [6.45, 7) is 0. The molecule has 0 bridgehead atoms. The van der Waals surface area contributed by atoms with Gasteiger partial charge in [-0.3, -0.25) is 19.8 Å². The lowest BCUT2D eigenvalue weighted by Gasteiger charge is -2.06. The number of fused-ring (bicyclic) bond motifs is 1. The number of aromatic amines is 1. The van der Waals surface area contributed by atoms with E-state index in [0.29, 0.717) is 28.4 Å². The van der Waals surface area contributed by atoms with E-state index in [2.05, 4.69) is 21.0 Å². The molecule has 6 heteroatoms. The maximum absolute atomic E-state index is 12.3. The normalized spacial score (nSPS) is 11.3. The van der Waals surface area contributed by atoms with Crippen LogP contribution in [0.15, 0.2) is 76.6 Å². The van der Waals surface area contributed by atoms with E-state index in [9.17, 15) is 9.90 Å². The van der Waals surface area contributed by atoms with Gasteiger partial charge in [-0.2, -0.15) is 5.26 Å². The van der Waals surface area contributed by atoms with Gasteiger partial charge in [0.05, 0.1) is 29.4 Å². The second-order valence-electron chi connectivity index (χ2n) is 6.87. The highest BCUT2D eigenvalue weighted by molar-refractivity contribution is 6.02. The van der Waals surface area contributed by atoms with Gasteiger partial charge in [-0.25, -0.2) is 0 Å². The number of aromatic hydroxyl groups is 1. The van der Waals surface area contributed by atoms with E-state index in [-0.39, 0.29) is 11.4 Å². The first-order chi connectivity index (χ1) is 15.1. The predicted molar refractivity (Wildman–Crippen MR) is 122 cm³/mol. The monoisotopic (exact) mass is 406 g/mol. The number of nitriles is 1. The van der Waals surface area contributed by atoms with Crippen molar-refractivity contribution in [1.29, 1.82) is 5.26 Å². The Morgan fingerprint density at radius 3 is 2.65 bits per heavy atom. The number of nitrogens with zero attached hydrogens (tertiary/aromatic N) is 3. The number of pyridine rings is 2. The molecule has 0 spiro atoms. The molecule has 0 atom stereocenters. The summed E-state index contributed by atoms with van der Waals surface area (Å²) in [6.07, 6.45) is 7.36. The molecule has 0 aliphatic rings. The Bertz CT molecular complexity index is 1380. The third-order valence-electron chi connectivity index (χ3n) is 4.76. The van der Waals surface area contributed by atoms with Crippen LogP contribution in [-0.2, 0) is 6.42 Å². The average Bonchev–Trinajstić information content (AvgIpc) is 2.79. The quantitative estimate of drug-likeness (QED) is 0.472. The van der Waals surface area contributed by atoms with Gasteiger partial charge in [0.1, 0.15) is 0 Å². The van der Waals surface area contributed by atoms with E-state index < -0.39 is 0 Å². The van der Waals surface area contributed by atoms with Crippen molar-refractivity contribution in [3.8, 4) is 11.9 Å². The molecular weight excluding hydrogens is 388 g/mol. The van der Waals surface area contributed by atoms with Gasteiger partial charge in [-0.15, -0.1) is 0 Å². The van der Waals surface area contributed by atoms with Crippen molar-refractivity contribution in [2.45, 2.75) is 6.42 Å². The fourth-order valence-electron chi connectivity index (χ4n) is 3.17. The Morgan fingerprint density at radius 2 is 1.90 bits per heavy atom. The number of H-pyrrole nitrogens is 1. The fourth-order valence-corrected chi connectivity index (χ4v) is 3.17. The summed E-state index contributed by atoms with van der Waals surface area (Å²) in [4.78, 5) is 23.5. The van der Waals surface area contributed by atoms with Gasteiger partial charge in [0.25, 0.3) is 5.56 Å². The number of aliphatic imine (C=N–C) groups is 1. The van der Waals surface area contributed by atoms with Crippen LogP contribution in [0.25, 0.3) is 22.9 Å². The molecule has 4 aromatic rings. The highest BCUT2D eigenvalue weighted by Gasteiger charge is 2.10. The van der Waals surface area contributed by atoms with Gasteiger partial charge >= 0.3 is 0 Å². The highest BCUT2D eigenvalue weighted by atomic mass is 16.3. The number of aromatic nitrogens is 2. The van der Waals surface area contributed by atoms with E-state index >= 15 is 0 Å². The minimum absolute atomic E-state index is 0.242. The van der Waals surface area contributed by atoms with Gasteiger partial charge in [-0.1, -0.05) is 30.3 Å². The van der Waals surface area contributed by atoms with E-state index in [1.54, 1.807) is 24.4 Å². The van der Waals surface area contributed by atoms with Gasteiger partial charge in [-0.05, 0) is 53.6 Å². The van der Waals surface area contributed by atoms with Crippen LogP contribution in [0.4, 0.5) is 5.69 Å². The molecule has 0 fully saturated rings. The van der Waals surface area contributed by atoms with Crippen molar-refractivity contribution >= 4 is 34.8 Å². The predicted octanol–water partition coefficient (Wildman–Crippen LogP) is 4.62. The number of hydrogen-bond donors (Lipinski definition) is 2. The Morgan fingerprint density at radius 1 is 1.06 bits per heavy atom. The topological polar surface area (TPSA) is 102 Å². The van der Waals surface area contributed by atoms with E-state index in [1.165, 1.54) is 6.21 Å². The summed E-state index contributed by atoms with van der Waals surface area (Å²) >= 11 is 0. The van der Waals surface area contributed by atoms with Crippen LogP contribution in [-0.4, -0.2) is 21.3 Å². The van der Waals surface area contributed by atoms with Crippen LogP contribution in [0.5, 0.6) is 5.88 Å².